The molecule has 0 bridgehead atoms. The zero-order chi connectivity index (χ0) is 8.69. The Morgan fingerprint density at radius 2 is 1.33 bits per heavy atom. The van der Waals surface area contributed by atoms with E-state index >= 15 is 0 Å². The molecular formula is C8H22N2O2. The Balaban J connectivity index is 0. The van der Waals surface area contributed by atoms with Crippen LogP contribution in [0.25, 0.3) is 0 Å². The van der Waals surface area contributed by atoms with Crippen LogP contribution in [0, 0.1) is 0 Å². The topological polar surface area (TPSA) is 64.5 Å². The second-order valence-electron chi connectivity index (χ2n) is 2.54. The van der Waals surface area contributed by atoms with Gasteiger partial charge in [-0.15, -0.1) is 0 Å². The Labute approximate surface area is 75.0 Å². The normalized spacial score (nSPS) is 15.0. The molecule has 12 heavy (non-hydrogen) atoms. The van der Waals surface area contributed by atoms with Crippen molar-refractivity contribution < 1.29 is 10.2 Å². The van der Waals surface area contributed by atoms with Crippen molar-refractivity contribution in [3.8, 4) is 0 Å². The first kappa shape index (κ1) is 14.4. The highest BCUT2D eigenvalue weighted by Crippen LogP contribution is 2.00. The van der Waals surface area contributed by atoms with Crippen LogP contribution in [0.2, 0.25) is 0 Å². The molecule has 0 fully saturated rings. The van der Waals surface area contributed by atoms with Gasteiger partial charge in [0.2, 0.25) is 0 Å². The molecule has 0 aliphatic heterocycles. The van der Waals surface area contributed by atoms with E-state index in [1.807, 2.05) is 0 Å². The predicted octanol–water partition coefficient (Wildman–Crippen LogP) is -0.132. The first-order valence-corrected chi connectivity index (χ1v) is 3.91. The summed E-state index contributed by atoms with van der Waals surface area (Å²) in [6, 6.07) is 0. The Hall–Kier alpha value is -0.160. The van der Waals surface area contributed by atoms with Crippen LogP contribution in [-0.2, 0) is 0 Å². The maximum absolute atomic E-state index is 9.03. The van der Waals surface area contributed by atoms with E-state index in [1.165, 1.54) is 0 Å². The molecule has 0 radical (unpaired) electrons. The molecule has 4 N–H and O–H groups in total. The Morgan fingerprint density at radius 3 is 1.58 bits per heavy atom. The fraction of sp³-hybridized carbons (Fsp3) is 1.00. The average Bonchev–Trinajstić information content (AvgIpc) is 2.04. The molecule has 0 saturated carbocycles. The van der Waals surface area contributed by atoms with Gasteiger partial charge in [-0.05, 0) is 33.4 Å². The van der Waals surface area contributed by atoms with Crippen molar-refractivity contribution in [3.63, 3.8) is 0 Å². The molecule has 76 valence electrons. The quantitative estimate of drug-likeness (QED) is 0.428. The lowest BCUT2D eigenvalue weighted by molar-refractivity contribution is 0.107. The van der Waals surface area contributed by atoms with Crippen LogP contribution < -0.4 is 10.6 Å². The van der Waals surface area contributed by atoms with E-state index in [1.54, 1.807) is 14.1 Å². The van der Waals surface area contributed by atoms with Crippen molar-refractivity contribution in [3.05, 3.63) is 0 Å². The number of nitrogens with one attached hydrogen (secondary N) is 2. The summed E-state index contributed by atoms with van der Waals surface area (Å²) in [5, 5.41) is 23.5. The maximum atomic E-state index is 9.03. The fourth-order valence-electron chi connectivity index (χ4n) is 0.793. The third-order valence-electron chi connectivity index (χ3n) is 1.62. The number of aliphatic hydroxyl groups is 2. The van der Waals surface area contributed by atoms with Crippen LogP contribution >= 0.6 is 0 Å². The van der Waals surface area contributed by atoms with Crippen molar-refractivity contribution in [1.29, 1.82) is 0 Å². The second-order valence-corrected chi connectivity index (χ2v) is 2.54. The first-order chi connectivity index (χ1) is 5.20. The maximum Gasteiger partial charge on any atom is 0.104 e. The van der Waals surface area contributed by atoms with E-state index < -0.39 is 12.5 Å². The monoisotopic (exact) mass is 178 g/mol. The van der Waals surface area contributed by atoms with Gasteiger partial charge in [-0.2, -0.15) is 0 Å². The summed E-state index contributed by atoms with van der Waals surface area (Å²) < 4.78 is 0. The smallest absolute Gasteiger partial charge is 0.104 e. The highest BCUT2D eigenvalue weighted by atomic mass is 16.3. The molecule has 4 heteroatoms. The Morgan fingerprint density at radius 1 is 1.00 bits per heavy atom. The van der Waals surface area contributed by atoms with Gasteiger partial charge in [0.25, 0.3) is 0 Å². The number of hydrogen-bond acceptors (Lipinski definition) is 4. The molecule has 0 amide bonds. The van der Waals surface area contributed by atoms with Gasteiger partial charge in [0.05, 0.1) is 0 Å². The molecule has 0 aliphatic rings. The molecule has 0 aromatic heterocycles. The first-order valence-electron chi connectivity index (χ1n) is 3.91. The number of aliphatic hydroxyl groups excluding tert-OH is 2. The minimum Gasteiger partial charge on any atom is -0.379 e. The largest absolute Gasteiger partial charge is 0.379 e. The van der Waals surface area contributed by atoms with Crippen molar-refractivity contribution >= 4 is 0 Å². The molecule has 0 spiro atoms. The number of hydrogen-bond donors (Lipinski definition) is 4. The van der Waals surface area contributed by atoms with Crippen molar-refractivity contribution in [2.24, 2.45) is 0 Å². The van der Waals surface area contributed by atoms with Gasteiger partial charge >= 0.3 is 0 Å². The van der Waals surface area contributed by atoms with Gasteiger partial charge in [-0.1, -0.05) is 7.43 Å². The molecule has 0 aliphatic carbocycles. The summed E-state index contributed by atoms with van der Waals surface area (Å²) in [6.07, 6.45) is 1.27. The molecule has 0 saturated heterocycles. The van der Waals surface area contributed by atoms with E-state index in [9.17, 15) is 0 Å². The van der Waals surface area contributed by atoms with Gasteiger partial charge in [0.1, 0.15) is 12.5 Å². The fourth-order valence-corrected chi connectivity index (χ4v) is 0.793. The molecule has 2 unspecified atom stereocenters. The van der Waals surface area contributed by atoms with Crippen LogP contribution in [0.4, 0.5) is 0 Å². The molecular weight excluding hydrogens is 156 g/mol. The summed E-state index contributed by atoms with van der Waals surface area (Å²) in [6.45, 7) is 0. The van der Waals surface area contributed by atoms with E-state index in [0.29, 0.717) is 12.8 Å². The summed E-state index contributed by atoms with van der Waals surface area (Å²) in [7, 11) is 3.42. The minimum absolute atomic E-state index is 0. The molecule has 0 aromatic rings. The Bertz CT molecular complexity index is 81.1. The lowest BCUT2D eigenvalue weighted by atomic mass is 10.2. The lowest BCUT2D eigenvalue weighted by Gasteiger charge is -2.11. The standard InChI is InChI=1S/C7H18N2O2.CH4/c1-8-6(10)4-3-5-7(11)9-2;/h6-11H,3-5H2,1-2H3;1H4. The average molecular weight is 178 g/mol. The molecule has 2 atom stereocenters. The van der Waals surface area contributed by atoms with Gasteiger partial charge in [0, 0.05) is 0 Å². The summed E-state index contributed by atoms with van der Waals surface area (Å²) in [4.78, 5) is 0. The van der Waals surface area contributed by atoms with Crippen LogP contribution in [0.3, 0.4) is 0 Å². The minimum atomic E-state index is -0.445. The third kappa shape index (κ3) is 7.94. The van der Waals surface area contributed by atoms with Crippen LogP contribution in [0.1, 0.15) is 26.7 Å². The van der Waals surface area contributed by atoms with Crippen molar-refractivity contribution in [2.75, 3.05) is 14.1 Å². The van der Waals surface area contributed by atoms with Crippen molar-refractivity contribution in [1.82, 2.24) is 10.6 Å². The van der Waals surface area contributed by atoms with Gasteiger partial charge in [0.15, 0.2) is 0 Å². The highest BCUT2D eigenvalue weighted by Gasteiger charge is 2.02. The lowest BCUT2D eigenvalue weighted by Crippen LogP contribution is -2.27. The SMILES string of the molecule is C.CNC(O)CCCC(O)NC. The van der Waals surface area contributed by atoms with Crippen LogP contribution in [0.15, 0.2) is 0 Å². The molecule has 0 rings (SSSR count). The van der Waals surface area contributed by atoms with Crippen molar-refractivity contribution in [2.45, 2.75) is 39.1 Å². The zero-order valence-electron chi connectivity index (χ0n) is 7.17. The van der Waals surface area contributed by atoms with Gasteiger partial charge in [-0.25, -0.2) is 0 Å². The second kappa shape index (κ2) is 8.93. The van der Waals surface area contributed by atoms with Gasteiger partial charge in [-0.3, -0.25) is 10.6 Å². The molecule has 0 aromatic carbocycles. The predicted molar refractivity (Wildman–Crippen MR) is 50.7 cm³/mol. The molecule has 0 heterocycles. The van der Waals surface area contributed by atoms with Gasteiger partial charge < -0.3 is 10.2 Å². The van der Waals surface area contributed by atoms with Crippen LogP contribution in [-0.4, -0.2) is 36.8 Å². The highest BCUT2D eigenvalue weighted by molar-refractivity contribution is 4.53. The molecule has 4 nitrogen and oxygen atoms in total. The van der Waals surface area contributed by atoms with Crippen LogP contribution in [0.5, 0.6) is 0 Å². The van der Waals surface area contributed by atoms with E-state index in [2.05, 4.69) is 10.6 Å². The summed E-state index contributed by atoms with van der Waals surface area (Å²) >= 11 is 0. The third-order valence-corrected chi connectivity index (χ3v) is 1.62. The Kier molecular flexibility index (Phi) is 10.7. The summed E-state index contributed by atoms with van der Waals surface area (Å²) in [5.41, 5.74) is 0. The van der Waals surface area contributed by atoms with E-state index in [0.717, 1.165) is 6.42 Å². The van der Waals surface area contributed by atoms with E-state index in [4.69, 9.17) is 10.2 Å². The van der Waals surface area contributed by atoms with E-state index in [-0.39, 0.29) is 7.43 Å². The summed E-state index contributed by atoms with van der Waals surface area (Å²) in [5.74, 6) is 0. The zero-order valence-corrected chi connectivity index (χ0v) is 7.17. The number of rotatable bonds is 6.